The van der Waals surface area contributed by atoms with E-state index in [9.17, 15) is 9.59 Å². The van der Waals surface area contributed by atoms with Gasteiger partial charge < -0.3 is 9.64 Å². The predicted octanol–water partition coefficient (Wildman–Crippen LogP) is 2.53. The van der Waals surface area contributed by atoms with Gasteiger partial charge in [-0.15, -0.1) is 0 Å². The van der Waals surface area contributed by atoms with Crippen molar-refractivity contribution in [2.75, 3.05) is 13.1 Å². The lowest BCUT2D eigenvalue weighted by atomic mass is 9.77. The first-order chi connectivity index (χ1) is 8.32. The van der Waals surface area contributed by atoms with Gasteiger partial charge in [0.05, 0.1) is 5.41 Å². The highest BCUT2D eigenvalue weighted by atomic mass is 16.6. The Hall–Kier alpha value is -1.32. The van der Waals surface area contributed by atoms with Crippen molar-refractivity contribution < 1.29 is 14.3 Å². The fourth-order valence-electron chi connectivity index (χ4n) is 2.55. The Morgan fingerprint density at radius 2 is 1.94 bits per heavy atom. The Labute approximate surface area is 108 Å². The molecule has 1 aliphatic heterocycles. The Kier molecular flexibility index (Phi) is 3.21. The van der Waals surface area contributed by atoms with Gasteiger partial charge >= 0.3 is 6.09 Å². The molecule has 4 nitrogen and oxygen atoms in total. The van der Waals surface area contributed by atoms with Crippen LogP contribution in [0.4, 0.5) is 4.79 Å². The van der Waals surface area contributed by atoms with Crippen molar-refractivity contribution in [1.82, 2.24) is 4.90 Å². The monoisotopic (exact) mass is 251 g/mol. The molecular formula is C14H21NO3. The summed E-state index contributed by atoms with van der Waals surface area (Å²) in [5.41, 5.74) is -0.756. The van der Waals surface area contributed by atoms with Crippen LogP contribution in [0.25, 0.3) is 0 Å². The van der Waals surface area contributed by atoms with Gasteiger partial charge in [-0.3, -0.25) is 4.79 Å². The van der Waals surface area contributed by atoms with E-state index in [-0.39, 0.29) is 11.5 Å². The van der Waals surface area contributed by atoms with Crippen molar-refractivity contribution in [2.45, 2.75) is 45.6 Å². The first kappa shape index (κ1) is 13.1. The zero-order valence-corrected chi connectivity index (χ0v) is 11.4. The number of likely N-dealkylation sites (tertiary alicyclic amines) is 1. The normalized spacial score (nSPS) is 22.6. The molecule has 1 spiro atoms. The second kappa shape index (κ2) is 4.41. The largest absolute Gasteiger partial charge is 0.444 e. The summed E-state index contributed by atoms with van der Waals surface area (Å²) in [6, 6.07) is 0. The molecule has 0 atom stereocenters. The molecule has 100 valence electrons. The van der Waals surface area contributed by atoms with Gasteiger partial charge in [0, 0.05) is 19.5 Å². The Morgan fingerprint density at radius 3 is 2.39 bits per heavy atom. The molecule has 0 saturated carbocycles. The van der Waals surface area contributed by atoms with Crippen LogP contribution in [0.2, 0.25) is 0 Å². The average Bonchev–Trinajstić information content (AvgIpc) is 2.59. The van der Waals surface area contributed by atoms with Crippen molar-refractivity contribution >= 4 is 11.9 Å². The zero-order chi connectivity index (χ0) is 13.4. The van der Waals surface area contributed by atoms with Gasteiger partial charge in [-0.2, -0.15) is 0 Å². The summed E-state index contributed by atoms with van der Waals surface area (Å²) in [6.45, 7) is 6.79. The molecule has 1 amide bonds. The number of piperidine rings is 1. The highest BCUT2D eigenvalue weighted by Crippen LogP contribution is 2.39. The average molecular weight is 251 g/mol. The lowest BCUT2D eigenvalue weighted by Gasteiger charge is -2.37. The smallest absolute Gasteiger partial charge is 0.410 e. The molecule has 0 aromatic rings. The number of hydrogen-bond donors (Lipinski definition) is 0. The zero-order valence-electron chi connectivity index (χ0n) is 11.4. The van der Waals surface area contributed by atoms with Crippen LogP contribution in [0.1, 0.15) is 40.0 Å². The van der Waals surface area contributed by atoms with Crippen LogP contribution < -0.4 is 0 Å². The number of hydrogen-bond acceptors (Lipinski definition) is 3. The number of ketones is 1. The first-order valence-corrected chi connectivity index (χ1v) is 6.51. The molecule has 0 radical (unpaired) electrons. The van der Waals surface area contributed by atoms with Gasteiger partial charge in [-0.05, 0) is 33.6 Å². The van der Waals surface area contributed by atoms with E-state index >= 15 is 0 Å². The number of rotatable bonds is 0. The van der Waals surface area contributed by atoms with Gasteiger partial charge in [-0.1, -0.05) is 12.2 Å². The molecule has 2 aliphatic rings. The fraction of sp³-hybridized carbons (Fsp3) is 0.714. The Morgan fingerprint density at radius 1 is 1.33 bits per heavy atom. The van der Waals surface area contributed by atoms with Crippen molar-refractivity contribution in [1.29, 1.82) is 0 Å². The van der Waals surface area contributed by atoms with Gasteiger partial charge in [0.25, 0.3) is 0 Å². The number of carbonyl (C=O) groups is 2. The first-order valence-electron chi connectivity index (χ1n) is 6.51. The summed E-state index contributed by atoms with van der Waals surface area (Å²) in [5, 5.41) is 0. The standard InChI is InChI=1S/C14H21NO3/c1-13(2,3)18-12(17)15-9-7-14(8-10-15)6-4-5-11(14)16/h4,6H,5,7-10H2,1-3H3. The topological polar surface area (TPSA) is 46.6 Å². The maximum absolute atomic E-state index is 11.9. The molecule has 0 N–H and O–H groups in total. The molecule has 4 heteroatoms. The van der Waals surface area contributed by atoms with E-state index in [0.29, 0.717) is 25.3 Å². The molecule has 1 fully saturated rings. The third-order valence-electron chi connectivity index (χ3n) is 3.60. The minimum absolute atomic E-state index is 0.272. The van der Waals surface area contributed by atoms with E-state index in [4.69, 9.17) is 4.74 Å². The lowest BCUT2D eigenvalue weighted by Crippen LogP contribution is -2.46. The molecule has 0 unspecified atom stereocenters. The van der Waals surface area contributed by atoms with E-state index in [2.05, 4.69) is 0 Å². The van der Waals surface area contributed by atoms with Crippen LogP contribution in [0, 0.1) is 5.41 Å². The third-order valence-corrected chi connectivity index (χ3v) is 3.60. The van der Waals surface area contributed by atoms with E-state index in [1.54, 1.807) is 4.90 Å². The maximum atomic E-state index is 11.9. The van der Waals surface area contributed by atoms with Crippen molar-refractivity contribution in [3.63, 3.8) is 0 Å². The van der Waals surface area contributed by atoms with Crippen LogP contribution in [-0.4, -0.2) is 35.5 Å². The van der Waals surface area contributed by atoms with Crippen molar-refractivity contribution in [2.24, 2.45) is 5.41 Å². The van der Waals surface area contributed by atoms with Crippen molar-refractivity contribution in [3.8, 4) is 0 Å². The van der Waals surface area contributed by atoms with E-state index in [1.807, 2.05) is 32.9 Å². The Bertz CT molecular complexity index is 384. The minimum Gasteiger partial charge on any atom is -0.444 e. The lowest BCUT2D eigenvalue weighted by molar-refractivity contribution is -0.126. The van der Waals surface area contributed by atoms with E-state index in [0.717, 1.165) is 12.8 Å². The van der Waals surface area contributed by atoms with Crippen molar-refractivity contribution in [3.05, 3.63) is 12.2 Å². The molecule has 0 aromatic heterocycles. The quantitative estimate of drug-likeness (QED) is 0.621. The molecule has 18 heavy (non-hydrogen) atoms. The van der Waals surface area contributed by atoms with Gasteiger partial charge in [-0.25, -0.2) is 4.79 Å². The van der Waals surface area contributed by atoms with Crippen LogP contribution in [0.15, 0.2) is 12.2 Å². The third kappa shape index (κ3) is 2.57. The molecule has 0 bridgehead atoms. The maximum Gasteiger partial charge on any atom is 0.410 e. The number of carbonyl (C=O) groups excluding carboxylic acids is 2. The fourth-order valence-corrected chi connectivity index (χ4v) is 2.55. The summed E-state index contributed by atoms with van der Waals surface area (Å²) in [7, 11) is 0. The summed E-state index contributed by atoms with van der Waals surface area (Å²) in [5.74, 6) is 0.298. The van der Waals surface area contributed by atoms with Crippen LogP contribution in [-0.2, 0) is 9.53 Å². The van der Waals surface area contributed by atoms with Gasteiger partial charge in [0.15, 0.2) is 0 Å². The molecule has 1 heterocycles. The SMILES string of the molecule is CC(C)(C)OC(=O)N1CCC2(C=CCC2=O)CC1. The van der Waals surface area contributed by atoms with E-state index < -0.39 is 5.60 Å². The van der Waals surface area contributed by atoms with Crippen LogP contribution in [0.3, 0.4) is 0 Å². The van der Waals surface area contributed by atoms with E-state index in [1.165, 1.54) is 0 Å². The molecule has 1 saturated heterocycles. The highest BCUT2D eigenvalue weighted by Gasteiger charge is 2.42. The van der Waals surface area contributed by atoms with Gasteiger partial charge in [0.2, 0.25) is 0 Å². The molecule has 2 rings (SSSR count). The number of amides is 1. The summed E-state index contributed by atoms with van der Waals surface area (Å²) >= 11 is 0. The second-order valence-electron chi connectivity index (χ2n) is 6.15. The molecule has 1 aliphatic carbocycles. The highest BCUT2D eigenvalue weighted by molar-refractivity contribution is 5.91. The van der Waals surface area contributed by atoms with Gasteiger partial charge in [0.1, 0.15) is 11.4 Å². The van der Waals surface area contributed by atoms with Crippen LogP contribution >= 0.6 is 0 Å². The predicted molar refractivity (Wildman–Crippen MR) is 68.2 cm³/mol. The minimum atomic E-state index is -0.463. The summed E-state index contributed by atoms with van der Waals surface area (Å²) in [4.78, 5) is 25.5. The second-order valence-corrected chi connectivity index (χ2v) is 6.15. The summed E-state index contributed by atoms with van der Waals surface area (Å²) in [6.07, 6.45) is 5.70. The number of allylic oxidation sites excluding steroid dienone is 2. The number of nitrogens with zero attached hydrogens (tertiary/aromatic N) is 1. The number of ether oxygens (including phenoxy) is 1. The summed E-state index contributed by atoms with van der Waals surface area (Å²) < 4.78 is 5.34. The van der Waals surface area contributed by atoms with Crippen LogP contribution in [0.5, 0.6) is 0 Å². The Balaban J connectivity index is 1.93. The molecule has 0 aromatic carbocycles. The molecular weight excluding hydrogens is 230 g/mol. The number of Topliss-reactive ketones (excluding diaryl/α,β-unsaturated/α-hetero) is 1.